The number of ether oxygens (including phenoxy) is 2. The van der Waals surface area contributed by atoms with E-state index in [1.54, 1.807) is 30.5 Å². The first-order valence-electron chi connectivity index (χ1n) is 9.03. The Hall–Kier alpha value is -2.26. The molecule has 6 nitrogen and oxygen atoms in total. The van der Waals surface area contributed by atoms with Crippen molar-refractivity contribution in [1.29, 1.82) is 0 Å². The molecule has 0 atom stereocenters. The summed E-state index contributed by atoms with van der Waals surface area (Å²) >= 11 is 8.15. The molecule has 1 heterocycles. The number of halogens is 2. The molecule has 1 aromatic heterocycles. The van der Waals surface area contributed by atoms with Crippen LogP contribution >= 0.6 is 34.2 Å². The Balaban J connectivity index is 1.75. The average Bonchev–Trinajstić information content (AvgIpc) is 3.07. The number of carbonyl (C=O) groups is 1. The van der Waals surface area contributed by atoms with E-state index in [2.05, 4.69) is 33.1 Å². The molecular formula is C21H20ClIN2O4. The number of furan rings is 1. The Bertz CT molecular complexity index is 1060. The van der Waals surface area contributed by atoms with E-state index in [1.165, 1.54) is 0 Å². The predicted octanol–water partition coefficient (Wildman–Crippen LogP) is 5.64. The molecule has 152 valence electrons. The molecule has 2 aromatic carbocycles. The fraction of sp³-hybridized carbons (Fsp3) is 0.238. The topological polar surface area (TPSA) is 73.1 Å². The minimum atomic E-state index is -0.451. The molecule has 0 saturated carbocycles. The quantitative estimate of drug-likeness (QED) is 0.246. The summed E-state index contributed by atoms with van der Waals surface area (Å²) in [7, 11) is 0. The van der Waals surface area contributed by atoms with Gasteiger partial charge in [0, 0.05) is 10.4 Å². The van der Waals surface area contributed by atoms with Crippen molar-refractivity contribution in [1.82, 2.24) is 5.43 Å². The molecule has 3 aromatic rings. The molecule has 3 rings (SSSR count). The summed E-state index contributed by atoms with van der Waals surface area (Å²) < 4.78 is 18.0. The zero-order chi connectivity index (χ0) is 21.0. The van der Waals surface area contributed by atoms with Gasteiger partial charge in [0.1, 0.15) is 5.58 Å². The first-order valence-corrected chi connectivity index (χ1v) is 10.5. The first-order chi connectivity index (χ1) is 13.9. The lowest BCUT2D eigenvalue weighted by Crippen LogP contribution is -2.16. The van der Waals surface area contributed by atoms with Crippen LogP contribution in [0, 0.1) is 3.57 Å². The maximum absolute atomic E-state index is 12.3. The van der Waals surface area contributed by atoms with Gasteiger partial charge in [-0.15, -0.1) is 0 Å². The Morgan fingerprint density at radius 2 is 2.10 bits per heavy atom. The van der Waals surface area contributed by atoms with Gasteiger partial charge < -0.3 is 13.9 Å². The van der Waals surface area contributed by atoms with Gasteiger partial charge in [-0.25, -0.2) is 5.43 Å². The number of rotatable bonds is 7. The second kappa shape index (κ2) is 9.49. The lowest BCUT2D eigenvalue weighted by Gasteiger charge is -2.16. The SMILES string of the molecule is CCOc1cc(/C=N/NC(=O)c2cc3cc(Cl)ccc3o2)cc(I)c1OC(C)C. The van der Waals surface area contributed by atoms with Gasteiger partial charge in [-0.05, 0) is 85.3 Å². The van der Waals surface area contributed by atoms with Crippen molar-refractivity contribution in [2.45, 2.75) is 26.9 Å². The summed E-state index contributed by atoms with van der Waals surface area (Å²) in [4.78, 5) is 12.3. The molecule has 8 heteroatoms. The minimum absolute atomic E-state index is 0.0280. The number of hydrogen-bond acceptors (Lipinski definition) is 5. The van der Waals surface area contributed by atoms with Crippen LogP contribution in [-0.2, 0) is 0 Å². The molecule has 29 heavy (non-hydrogen) atoms. The number of nitrogens with one attached hydrogen (secondary N) is 1. The third kappa shape index (κ3) is 5.42. The highest BCUT2D eigenvalue weighted by atomic mass is 127. The molecule has 0 aliphatic rings. The zero-order valence-electron chi connectivity index (χ0n) is 16.2. The normalized spacial score (nSPS) is 11.4. The highest BCUT2D eigenvalue weighted by molar-refractivity contribution is 14.1. The summed E-state index contributed by atoms with van der Waals surface area (Å²) in [5.74, 6) is 1.04. The van der Waals surface area contributed by atoms with Gasteiger partial charge in [0.2, 0.25) is 0 Å². The van der Waals surface area contributed by atoms with Crippen LogP contribution in [0.1, 0.15) is 36.9 Å². The van der Waals surface area contributed by atoms with Crippen LogP contribution in [0.15, 0.2) is 45.9 Å². The van der Waals surface area contributed by atoms with Crippen molar-refractivity contribution >= 4 is 57.3 Å². The van der Waals surface area contributed by atoms with E-state index in [-0.39, 0.29) is 11.9 Å². The Morgan fingerprint density at radius 1 is 1.31 bits per heavy atom. The fourth-order valence-electron chi connectivity index (χ4n) is 2.62. The summed E-state index contributed by atoms with van der Waals surface area (Å²) in [6.07, 6.45) is 1.57. The molecule has 0 aliphatic heterocycles. The van der Waals surface area contributed by atoms with Gasteiger partial charge in [-0.2, -0.15) is 5.10 Å². The van der Waals surface area contributed by atoms with E-state index >= 15 is 0 Å². The predicted molar refractivity (Wildman–Crippen MR) is 122 cm³/mol. The Morgan fingerprint density at radius 3 is 2.83 bits per heavy atom. The van der Waals surface area contributed by atoms with Gasteiger partial charge in [0.05, 0.1) is 22.5 Å². The first kappa shape index (κ1) is 21.4. The molecule has 0 spiro atoms. The number of benzene rings is 2. The Labute approximate surface area is 187 Å². The maximum Gasteiger partial charge on any atom is 0.307 e. The van der Waals surface area contributed by atoms with Crippen molar-refractivity contribution in [3.05, 3.63) is 56.3 Å². The summed E-state index contributed by atoms with van der Waals surface area (Å²) in [5.41, 5.74) is 3.82. The average molecular weight is 527 g/mol. The van der Waals surface area contributed by atoms with Crippen LogP contribution in [0.25, 0.3) is 11.0 Å². The zero-order valence-corrected chi connectivity index (χ0v) is 19.1. The molecule has 0 fully saturated rings. The van der Waals surface area contributed by atoms with Gasteiger partial charge in [0.25, 0.3) is 0 Å². The highest BCUT2D eigenvalue weighted by Crippen LogP contribution is 2.34. The number of hydrazone groups is 1. The third-order valence-electron chi connectivity index (χ3n) is 3.77. The van der Waals surface area contributed by atoms with Crippen LogP contribution in [0.5, 0.6) is 11.5 Å². The van der Waals surface area contributed by atoms with Crippen LogP contribution in [-0.4, -0.2) is 24.8 Å². The number of amides is 1. The highest BCUT2D eigenvalue weighted by Gasteiger charge is 2.14. The van der Waals surface area contributed by atoms with Crippen molar-refractivity contribution in [2.24, 2.45) is 5.10 Å². The van der Waals surface area contributed by atoms with Crippen LogP contribution in [0.4, 0.5) is 0 Å². The van der Waals surface area contributed by atoms with E-state index in [0.717, 1.165) is 14.5 Å². The van der Waals surface area contributed by atoms with Crippen LogP contribution < -0.4 is 14.9 Å². The summed E-state index contributed by atoms with van der Waals surface area (Å²) in [5, 5.41) is 5.36. The number of hydrogen-bond donors (Lipinski definition) is 1. The van der Waals surface area contributed by atoms with Crippen molar-refractivity contribution < 1.29 is 18.7 Å². The van der Waals surface area contributed by atoms with Crippen LogP contribution in [0.3, 0.4) is 0 Å². The van der Waals surface area contributed by atoms with Crippen LogP contribution in [0.2, 0.25) is 5.02 Å². The van der Waals surface area contributed by atoms with E-state index in [9.17, 15) is 4.79 Å². The second-order valence-corrected chi connectivity index (χ2v) is 8.02. The number of carbonyl (C=O) groups excluding carboxylic acids is 1. The molecule has 1 N–H and O–H groups in total. The summed E-state index contributed by atoms with van der Waals surface area (Å²) in [6.45, 7) is 6.34. The van der Waals surface area contributed by atoms with E-state index in [1.807, 2.05) is 32.9 Å². The van der Waals surface area contributed by atoms with Gasteiger partial charge >= 0.3 is 5.91 Å². The van der Waals surface area contributed by atoms with Gasteiger partial charge in [-0.3, -0.25) is 4.79 Å². The van der Waals surface area contributed by atoms with E-state index in [4.69, 9.17) is 25.5 Å². The standard InChI is InChI=1S/C21H20ClIN2O4/c1-4-27-18-8-13(7-16(23)20(18)28-12(2)3)11-24-25-21(26)19-10-14-9-15(22)5-6-17(14)29-19/h5-12H,4H2,1-3H3,(H,25,26)/b24-11+. The lowest BCUT2D eigenvalue weighted by molar-refractivity contribution is 0.0929. The van der Waals surface area contributed by atoms with Crippen molar-refractivity contribution in [3.63, 3.8) is 0 Å². The maximum atomic E-state index is 12.3. The van der Waals surface area contributed by atoms with E-state index < -0.39 is 5.91 Å². The molecule has 0 unspecified atom stereocenters. The Kier molecular flexibility index (Phi) is 7.02. The number of nitrogens with zero attached hydrogens (tertiary/aromatic N) is 1. The largest absolute Gasteiger partial charge is 0.490 e. The fourth-order valence-corrected chi connectivity index (χ4v) is 3.56. The molecule has 1 amide bonds. The number of fused-ring (bicyclic) bond motifs is 1. The molecule has 0 radical (unpaired) electrons. The minimum Gasteiger partial charge on any atom is -0.490 e. The molecule has 0 bridgehead atoms. The summed E-state index contributed by atoms with van der Waals surface area (Å²) in [6, 6.07) is 10.5. The van der Waals surface area contributed by atoms with E-state index in [0.29, 0.717) is 28.7 Å². The molecule has 0 saturated heterocycles. The molecule has 0 aliphatic carbocycles. The van der Waals surface area contributed by atoms with Crippen molar-refractivity contribution in [2.75, 3.05) is 6.61 Å². The second-order valence-electron chi connectivity index (χ2n) is 6.42. The van der Waals surface area contributed by atoms with Gasteiger partial charge in [0.15, 0.2) is 17.3 Å². The third-order valence-corrected chi connectivity index (χ3v) is 4.80. The smallest absolute Gasteiger partial charge is 0.307 e. The lowest BCUT2D eigenvalue weighted by atomic mass is 10.2. The molecular weight excluding hydrogens is 507 g/mol. The monoisotopic (exact) mass is 526 g/mol. The van der Waals surface area contributed by atoms with Crippen molar-refractivity contribution in [3.8, 4) is 11.5 Å². The van der Waals surface area contributed by atoms with Gasteiger partial charge in [-0.1, -0.05) is 11.6 Å².